The number of methoxy groups -OCH3 is 1. The molecular formula is C21H27NO6. The van der Waals surface area contributed by atoms with Gasteiger partial charge in [-0.3, -0.25) is 0 Å². The van der Waals surface area contributed by atoms with Crippen LogP contribution in [0.5, 0.6) is 5.75 Å². The second-order valence-corrected chi connectivity index (χ2v) is 6.19. The zero-order chi connectivity index (χ0) is 20.9. The summed E-state index contributed by atoms with van der Waals surface area (Å²) in [6.45, 7) is 1.38. The van der Waals surface area contributed by atoms with Crippen molar-refractivity contribution >= 4 is 11.9 Å². The minimum atomic E-state index is -1.82. The van der Waals surface area contributed by atoms with E-state index in [4.69, 9.17) is 29.3 Å². The number of carboxylic acid groups (broad SMARTS) is 2. The van der Waals surface area contributed by atoms with Crippen molar-refractivity contribution in [1.82, 2.24) is 4.90 Å². The highest BCUT2D eigenvalue weighted by atomic mass is 16.5. The van der Waals surface area contributed by atoms with Gasteiger partial charge >= 0.3 is 11.9 Å². The van der Waals surface area contributed by atoms with Crippen molar-refractivity contribution in [3.8, 4) is 5.75 Å². The van der Waals surface area contributed by atoms with Gasteiger partial charge in [-0.1, -0.05) is 42.5 Å². The molecule has 1 atom stereocenters. The van der Waals surface area contributed by atoms with Gasteiger partial charge in [0, 0.05) is 12.6 Å². The molecule has 7 heteroatoms. The third-order valence-electron chi connectivity index (χ3n) is 3.95. The number of carbonyl (C=O) groups is 2. The Morgan fingerprint density at radius 2 is 1.54 bits per heavy atom. The lowest BCUT2D eigenvalue weighted by Gasteiger charge is -2.24. The molecule has 7 nitrogen and oxygen atoms in total. The van der Waals surface area contributed by atoms with Gasteiger partial charge in [0.05, 0.1) is 13.7 Å². The Morgan fingerprint density at radius 3 is 2.00 bits per heavy atom. The van der Waals surface area contributed by atoms with Crippen molar-refractivity contribution in [3.05, 3.63) is 65.7 Å². The molecular weight excluding hydrogens is 362 g/mol. The number of ether oxygens (including phenoxy) is 2. The van der Waals surface area contributed by atoms with Gasteiger partial charge in [-0.15, -0.1) is 0 Å². The van der Waals surface area contributed by atoms with Crippen LogP contribution in [-0.4, -0.2) is 54.9 Å². The number of hydrogen-bond acceptors (Lipinski definition) is 5. The number of nitrogens with zero attached hydrogens (tertiary/aromatic N) is 1. The minimum Gasteiger partial charge on any atom is -0.497 e. The number of hydrogen-bond donors (Lipinski definition) is 2. The van der Waals surface area contributed by atoms with Gasteiger partial charge in [-0.05, 0) is 43.8 Å². The number of carboxylic acids is 2. The molecule has 0 amide bonds. The van der Waals surface area contributed by atoms with E-state index in [1.807, 2.05) is 24.3 Å². The zero-order valence-electron chi connectivity index (χ0n) is 16.4. The van der Waals surface area contributed by atoms with Crippen LogP contribution in [0.2, 0.25) is 0 Å². The fraction of sp³-hybridized carbons (Fsp3) is 0.333. The van der Waals surface area contributed by atoms with Crippen LogP contribution in [0.25, 0.3) is 0 Å². The van der Waals surface area contributed by atoms with E-state index in [0.29, 0.717) is 12.6 Å². The van der Waals surface area contributed by atoms with Crippen LogP contribution in [0.3, 0.4) is 0 Å². The van der Waals surface area contributed by atoms with E-state index < -0.39 is 11.9 Å². The van der Waals surface area contributed by atoms with E-state index in [1.54, 1.807) is 7.11 Å². The van der Waals surface area contributed by atoms with Crippen LogP contribution in [0, 0.1) is 0 Å². The Balaban J connectivity index is 0.000000568. The highest BCUT2D eigenvalue weighted by Gasteiger charge is 2.13. The smallest absolute Gasteiger partial charge is 0.414 e. The van der Waals surface area contributed by atoms with Crippen LogP contribution in [0.4, 0.5) is 0 Å². The Kier molecular flexibility index (Phi) is 10.3. The largest absolute Gasteiger partial charge is 0.497 e. The highest BCUT2D eigenvalue weighted by Crippen LogP contribution is 2.21. The monoisotopic (exact) mass is 389 g/mol. The van der Waals surface area contributed by atoms with Crippen LogP contribution in [-0.2, 0) is 20.9 Å². The second-order valence-electron chi connectivity index (χ2n) is 6.19. The molecule has 2 N–H and O–H groups in total. The molecule has 0 heterocycles. The fourth-order valence-electron chi connectivity index (χ4n) is 2.50. The molecule has 28 heavy (non-hydrogen) atoms. The molecule has 0 saturated carbocycles. The van der Waals surface area contributed by atoms with Crippen molar-refractivity contribution in [3.63, 3.8) is 0 Å². The standard InChI is InChI=1S/C19H25NO2.C2H2O4/c1-20(2)19(17-7-5-4-6-8-17)13-14-22-15-16-9-11-18(21-3)12-10-16;3-1(4)2(5)6/h4-12,19H,13-15H2,1-3H3;(H,3,4)(H,5,6). The first kappa shape index (κ1) is 23.1. The van der Waals surface area contributed by atoms with Crippen LogP contribution in [0.15, 0.2) is 54.6 Å². The average Bonchev–Trinajstić information content (AvgIpc) is 2.69. The Bertz CT molecular complexity index is 703. The summed E-state index contributed by atoms with van der Waals surface area (Å²) >= 11 is 0. The zero-order valence-corrected chi connectivity index (χ0v) is 16.4. The topological polar surface area (TPSA) is 96.3 Å². The fourth-order valence-corrected chi connectivity index (χ4v) is 2.50. The Labute approximate surface area is 165 Å². The van der Waals surface area contributed by atoms with E-state index in [2.05, 4.69) is 49.3 Å². The maximum absolute atomic E-state index is 9.10. The summed E-state index contributed by atoms with van der Waals surface area (Å²) in [4.78, 5) is 20.4. The summed E-state index contributed by atoms with van der Waals surface area (Å²) in [5.74, 6) is -2.77. The maximum atomic E-state index is 9.10. The van der Waals surface area contributed by atoms with Gasteiger partial charge in [-0.25, -0.2) is 9.59 Å². The normalized spacial score (nSPS) is 11.3. The molecule has 0 aliphatic rings. The van der Waals surface area contributed by atoms with E-state index in [0.717, 1.165) is 18.8 Å². The lowest BCUT2D eigenvalue weighted by molar-refractivity contribution is -0.159. The predicted octanol–water partition coefficient (Wildman–Crippen LogP) is 3.06. The number of benzene rings is 2. The van der Waals surface area contributed by atoms with Crippen LogP contribution >= 0.6 is 0 Å². The molecule has 0 fully saturated rings. The maximum Gasteiger partial charge on any atom is 0.414 e. The van der Waals surface area contributed by atoms with Crippen molar-refractivity contribution in [2.45, 2.75) is 19.1 Å². The summed E-state index contributed by atoms with van der Waals surface area (Å²) in [7, 11) is 5.90. The highest BCUT2D eigenvalue weighted by molar-refractivity contribution is 6.27. The third kappa shape index (κ3) is 8.66. The lowest BCUT2D eigenvalue weighted by Crippen LogP contribution is -2.21. The van der Waals surface area contributed by atoms with Gasteiger partial charge in [0.15, 0.2) is 0 Å². The second kappa shape index (κ2) is 12.5. The van der Waals surface area contributed by atoms with Crippen LogP contribution in [0.1, 0.15) is 23.6 Å². The van der Waals surface area contributed by atoms with Gasteiger partial charge in [-0.2, -0.15) is 0 Å². The van der Waals surface area contributed by atoms with Gasteiger partial charge in [0.1, 0.15) is 5.75 Å². The molecule has 0 bridgehead atoms. The summed E-state index contributed by atoms with van der Waals surface area (Å²) in [5, 5.41) is 14.8. The number of rotatable bonds is 8. The molecule has 2 aromatic rings. The molecule has 0 spiro atoms. The van der Waals surface area contributed by atoms with Crippen molar-refractivity contribution in [1.29, 1.82) is 0 Å². The van der Waals surface area contributed by atoms with Crippen molar-refractivity contribution in [2.75, 3.05) is 27.8 Å². The van der Waals surface area contributed by atoms with Gasteiger partial charge in [0.2, 0.25) is 0 Å². The first-order valence-corrected chi connectivity index (χ1v) is 8.73. The van der Waals surface area contributed by atoms with Gasteiger partial charge < -0.3 is 24.6 Å². The first-order chi connectivity index (χ1) is 13.3. The van der Waals surface area contributed by atoms with E-state index in [9.17, 15) is 0 Å². The minimum absolute atomic E-state index is 0.386. The lowest BCUT2D eigenvalue weighted by atomic mass is 10.0. The van der Waals surface area contributed by atoms with E-state index in [-0.39, 0.29) is 0 Å². The predicted molar refractivity (Wildman–Crippen MR) is 105 cm³/mol. The molecule has 2 aromatic carbocycles. The van der Waals surface area contributed by atoms with E-state index >= 15 is 0 Å². The average molecular weight is 389 g/mol. The summed E-state index contributed by atoms with van der Waals surface area (Å²) in [6, 6.07) is 19.0. The Morgan fingerprint density at radius 1 is 0.964 bits per heavy atom. The van der Waals surface area contributed by atoms with E-state index in [1.165, 1.54) is 11.1 Å². The molecule has 0 saturated heterocycles. The van der Waals surface area contributed by atoms with Crippen molar-refractivity contribution in [2.24, 2.45) is 0 Å². The first-order valence-electron chi connectivity index (χ1n) is 8.73. The molecule has 0 aliphatic carbocycles. The molecule has 1 unspecified atom stereocenters. The van der Waals surface area contributed by atoms with Gasteiger partial charge in [0.25, 0.3) is 0 Å². The molecule has 152 valence electrons. The molecule has 0 radical (unpaired) electrons. The molecule has 0 aliphatic heterocycles. The summed E-state index contributed by atoms with van der Waals surface area (Å²) in [6.07, 6.45) is 0.979. The summed E-state index contributed by atoms with van der Waals surface area (Å²) < 4.78 is 11.0. The SMILES string of the molecule is COc1ccc(COCCC(c2ccccc2)N(C)C)cc1.O=C(O)C(=O)O. The molecule has 0 aromatic heterocycles. The summed E-state index contributed by atoms with van der Waals surface area (Å²) in [5.41, 5.74) is 2.50. The third-order valence-corrected chi connectivity index (χ3v) is 3.95. The van der Waals surface area contributed by atoms with Crippen LogP contribution < -0.4 is 4.74 Å². The quantitative estimate of drug-likeness (QED) is 0.529. The Hall–Kier alpha value is -2.90. The number of aliphatic carboxylic acids is 2. The van der Waals surface area contributed by atoms with Crippen molar-refractivity contribution < 1.29 is 29.3 Å². The molecule has 2 rings (SSSR count).